The average molecular weight is 202 g/mol. The van der Waals surface area contributed by atoms with Crippen molar-refractivity contribution in [2.24, 2.45) is 0 Å². The van der Waals surface area contributed by atoms with Crippen molar-refractivity contribution in [1.29, 1.82) is 0 Å². The third-order valence-corrected chi connectivity index (χ3v) is 7.81. The van der Waals surface area contributed by atoms with Crippen LogP contribution in [0.15, 0.2) is 0 Å². The van der Waals surface area contributed by atoms with Crippen LogP contribution in [0.25, 0.3) is 0 Å². The smallest absolute Gasteiger partial charge is 0.192 e. The van der Waals surface area contributed by atoms with Crippen LogP contribution in [-0.2, 0) is 4.43 Å². The molecule has 1 nitrogen and oxygen atoms in total. The monoisotopic (exact) mass is 202 g/mol. The first-order valence-electron chi connectivity index (χ1n) is 5.22. The quantitative estimate of drug-likeness (QED) is 0.623. The van der Waals surface area contributed by atoms with Crippen molar-refractivity contribution in [1.82, 2.24) is 0 Å². The summed E-state index contributed by atoms with van der Waals surface area (Å²) in [5, 5.41) is 0.361. The second-order valence-electron chi connectivity index (χ2n) is 5.96. The first-order chi connectivity index (χ1) is 5.52. The van der Waals surface area contributed by atoms with E-state index in [0.717, 1.165) is 0 Å². The van der Waals surface area contributed by atoms with E-state index in [-0.39, 0.29) is 5.60 Å². The number of rotatable bonds is 3. The Balaban J connectivity index is 4.58. The zero-order valence-corrected chi connectivity index (χ0v) is 11.6. The van der Waals surface area contributed by atoms with Gasteiger partial charge in [-0.3, -0.25) is 0 Å². The number of hydrogen-bond donors (Lipinski definition) is 0. The Kier molecular flexibility index (Phi) is 3.79. The lowest BCUT2D eigenvalue weighted by molar-refractivity contribution is 0.110. The standard InChI is InChI=1S/C11H26OSi/c1-9-11(5,6)13(7,8)12-10(2,3)4/h9H2,1-8H3. The van der Waals surface area contributed by atoms with E-state index >= 15 is 0 Å². The lowest BCUT2D eigenvalue weighted by atomic mass is 10.1. The SMILES string of the molecule is CCC(C)(C)[Si](C)(C)OC(C)(C)C. The molecule has 0 aliphatic heterocycles. The zero-order chi connectivity index (χ0) is 10.9. The summed E-state index contributed by atoms with van der Waals surface area (Å²) in [6.45, 7) is 18.0. The Labute approximate surface area is 85.0 Å². The zero-order valence-electron chi connectivity index (χ0n) is 10.6. The minimum atomic E-state index is -1.57. The molecule has 0 unspecified atom stereocenters. The summed E-state index contributed by atoms with van der Waals surface area (Å²) < 4.78 is 6.22. The molecule has 0 aliphatic rings. The van der Waals surface area contributed by atoms with Crippen molar-refractivity contribution >= 4 is 8.32 Å². The van der Waals surface area contributed by atoms with E-state index in [9.17, 15) is 0 Å². The maximum Gasteiger partial charge on any atom is 0.192 e. The van der Waals surface area contributed by atoms with E-state index in [1.165, 1.54) is 6.42 Å². The van der Waals surface area contributed by atoms with Crippen molar-refractivity contribution in [3.63, 3.8) is 0 Å². The summed E-state index contributed by atoms with van der Waals surface area (Å²) in [7, 11) is -1.57. The molecule has 13 heavy (non-hydrogen) atoms. The average Bonchev–Trinajstić information content (AvgIpc) is 1.81. The van der Waals surface area contributed by atoms with Crippen molar-refractivity contribution in [2.75, 3.05) is 0 Å². The Morgan fingerprint density at radius 3 is 1.62 bits per heavy atom. The van der Waals surface area contributed by atoms with Gasteiger partial charge in [0.25, 0.3) is 0 Å². The van der Waals surface area contributed by atoms with E-state index in [2.05, 4.69) is 54.6 Å². The molecule has 2 heteroatoms. The van der Waals surface area contributed by atoms with Gasteiger partial charge in [0.2, 0.25) is 0 Å². The van der Waals surface area contributed by atoms with Gasteiger partial charge in [-0.25, -0.2) is 0 Å². The molecule has 0 aromatic heterocycles. The lowest BCUT2D eigenvalue weighted by Gasteiger charge is -2.43. The summed E-state index contributed by atoms with van der Waals surface area (Å²) in [5.74, 6) is 0. The second-order valence-corrected chi connectivity index (χ2v) is 10.5. The van der Waals surface area contributed by atoms with Crippen molar-refractivity contribution in [2.45, 2.75) is 71.7 Å². The van der Waals surface area contributed by atoms with Gasteiger partial charge in [-0.1, -0.05) is 27.2 Å². The first kappa shape index (κ1) is 13.2. The number of hydrogen-bond acceptors (Lipinski definition) is 1. The maximum atomic E-state index is 6.22. The van der Waals surface area contributed by atoms with Gasteiger partial charge in [-0.05, 0) is 38.9 Å². The largest absolute Gasteiger partial charge is 0.412 e. The van der Waals surface area contributed by atoms with Gasteiger partial charge in [-0.2, -0.15) is 0 Å². The fourth-order valence-electron chi connectivity index (χ4n) is 1.33. The summed E-state index contributed by atoms with van der Waals surface area (Å²) in [5.41, 5.74) is 0.00215. The summed E-state index contributed by atoms with van der Waals surface area (Å²) in [4.78, 5) is 0. The Morgan fingerprint density at radius 2 is 1.38 bits per heavy atom. The van der Waals surface area contributed by atoms with Crippen LogP contribution in [-0.4, -0.2) is 13.9 Å². The van der Waals surface area contributed by atoms with Gasteiger partial charge in [0, 0.05) is 5.60 Å². The molecule has 0 heterocycles. The van der Waals surface area contributed by atoms with Crippen LogP contribution in [0, 0.1) is 0 Å². The Hall–Kier alpha value is 0.177. The molecule has 0 fully saturated rings. The van der Waals surface area contributed by atoms with Gasteiger partial charge in [-0.15, -0.1) is 0 Å². The van der Waals surface area contributed by atoms with Gasteiger partial charge >= 0.3 is 0 Å². The Bertz CT molecular complexity index is 165. The van der Waals surface area contributed by atoms with Crippen LogP contribution in [0.5, 0.6) is 0 Å². The van der Waals surface area contributed by atoms with E-state index in [4.69, 9.17) is 4.43 Å². The highest BCUT2D eigenvalue weighted by Crippen LogP contribution is 2.42. The summed E-state index contributed by atoms with van der Waals surface area (Å²) in [6.07, 6.45) is 1.20. The van der Waals surface area contributed by atoms with Crippen molar-refractivity contribution < 1.29 is 4.43 Å². The normalized spacial score (nSPS) is 14.8. The summed E-state index contributed by atoms with van der Waals surface area (Å²) in [6, 6.07) is 0. The van der Waals surface area contributed by atoms with Gasteiger partial charge in [0.1, 0.15) is 0 Å². The van der Waals surface area contributed by atoms with Crippen LogP contribution in [0.4, 0.5) is 0 Å². The highest BCUT2D eigenvalue weighted by molar-refractivity contribution is 6.74. The van der Waals surface area contributed by atoms with Crippen molar-refractivity contribution in [3.05, 3.63) is 0 Å². The topological polar surface area (TPSA) is 9.23 Å². The molecule has 0 atom stereocenters. The van der Waals surface area contributed by atoms with Gasteiger partial charge < -0.3 is 4.43 Å². The van der Waals surface area contributed by atoms with Crippen LogP contribution in [0.1, 0.15) is 48.0 Å². The highest BCUT2D eigenvalue weighted by atomic mass is 28.4. The van der Waals surface area contributed by atoms with Crippen molar-refractivity contribution in [3.8, 4) is 0 Å². The van der Waals surface area contributed by atoms with Crippen LogP contribution in [0.3, 0.4) is 0 Å². The predicted octanol–water partition coefficient (Wildman–Crippen LogP) is 4.20. The van der Waals surface area contributed by atoms with Crippen LogP contribution >= 0.6 is 0 Å². The lowest BCUT2D eigenvalue weighted by Crippen LogP contribution is -2.47. The summed E-state index contributed by atoms with van der Waals surface area (Å²) >= 11 is 0. The highest BCUT2D eigenvalue weighted by Gasteiger charge is 2.42. The third-order valence-electron chi connectivity index (χ3n) is 3.08. The minimum absolute atomic E-state index is 0.00215. The van der Waals surface area contributed by atoms with Gasteiger partial charge in [0.05, 0.1) is 0 Å². The molecular formula is C11H26OSi. The Morgan fingerprint density at radius 1 is 1.00 bits per heavy atom. The third kappa shape index (κ3) is 3.82. The molecule has 0 saturated carbocycles. The van der Waals surface area contributed by atoms with Crippen LogP contribution in [0.2, 0.25) is 18.1 Å². The van der Waals surface area contributed by atoms with Gasteiger partial charge in [0.15, 0.2) is 8.32 Å². The van der Waals surface area contributed by atoms with E-state index in [1.54, 1.807) is 0 Å². The molecule has 0 aliphatic carbocycles. The molecule has 0 N–H and O–H groups in total. The molecule has 80 valence electrons. The maximum absolute atomic E-state index is 6.22. The molecule has 0 bridgehead atoms. The molecule has 0 spiro atoms. The van der Waals surface area contributed by atoms with E-state index < -0.39 is 8.32 Å². The first-order valence-corrected chi connectivity index (χ1v) is 8.13. The molecule has 0 saturated heterocycles. The van der Waals surface area contributed by atoms with E-state index in [0.29, 0.717) is 5.04 Å². The van der Waals surface area contributed by atoms with Crippen LogP contribution < -0.4 is 0 Å². The fraction of sp³-hybridized carbons (Fsp3) is 1.00. The molecule has 0 radical (unpaired) electrons. The molecule has 0 aromatic carbocycles. The minimum Gasteiger partial charge on any atom is -0.412 e. The molecule has 0 rings (SSSR count). The second kappa shape index (κ2) is 3.74. The molecule has 0 aromatic rings. The fourth-order valence-corrected chi connectivity index (χ4v) is 3.99. The molecule has 0 amide bonds. The van der Waals surface area contributed by atoms with E-state index in [1.807, 2.05) is 0 Å². The predicted molar refractivity (Wildman–Crippen MR) is 62.7 cm³/mol. The molecular weight excluding hydrogens is 176 g/mol.